The summed E-state index contributed by atoms with van der Waals surface area (Å²) < 4.78 is 7.12. The molecule has 3 N–H and O–H groups in total. The van der Waals surface area contributed by atoms with E-state index in [0.29, 0.717) is 35.3 Å². The number of ether oxygens (including phenoxy) is 1. The molecule has 9 nitrogen and oxygen atoms in total. The minimum atomic E-state index is -0.242. The van der Waals surface area contributed by atoms with Gasteiger partial charge < -0.3 is 20.8 Å². The largest absolute Gasteiger partial charge is 0.486 e. The molecule has 3 rings (SSSR count). The fourth-order valence-corrected chi connectivity index (χ4v) is 4.09. The van der Waals surface area contributed by atoms with Gasteiger partial charge in [-0.25, -0.2) is 4.68 Å². The van der Waals surface area contributed by atoms with Gasteiger partial charge in [0.15, 0.2) is 5.82 Å². The highest BCUT2D eigenvalue weighted by Gasteiger charge is 2.15. The highest BCUT2D eigenvalue weighted by Crippen LogP contribution is 2.20. The quantitative estimate of drug-likeness (QED) is 0.336. The smallest absolute Gasteiger partial charge is 0.253 e. The molecule has 10 heteroatoms. The minimum Gasteiger partial charge on any atom is -0.486 e. The Balaban J connectivity index is 1.55. The van der Waals surface area contributed by atoms with Crippen LogP contribution in [0.2, 0.25) is 0 Å². The molecule has 0 radical (unpaired) electrons. The summed E-state index contributed by atoms with van der Waals surface area (Å²) >= 11 is 1.17. The molecule has 180 valence electrons. The van der Waals surface area contributed by atoms with E-state index < -0.39 is 0 Å². The summed E-state index contributed by atoms with van der Waals surface area (Å²) in [6.07, 6.45) is 0. The van der Waals surface area contributed by atoms with Crippen LogP contribution in [0.15, 0.2) is 47.6 Å². The number of rotatable bonds is 10. The van der Waals surface area contributed by atoms with E-state index in [1.165, 1.54) is 16.4 Å². The van der Waals surface area contributed by atoms with E-state index in [-0.39, 0.29) is 24.2 Å². The fourth-order valence-electron chi connectivity index (χ4n) is 3.42. The van der Waals surface area contributed by atoms with E-state index in [1.54, 1.807) is 29.2 Å². The van der Waals surface area contributed by atoms with E-state index in [4.69, 9.17) is 10.6 Å². The third-order valence-electron chi connectivity index (χ3n) is 5.07. The highest BCUT2D eigenvalue weighted by molar-refractivity contribution is 7.99. The minimum absolute atomic E-state index is 0.0673. The molecule has 0 aliphatic heterocycles. The topological polar surface area (TPSA) is 115 Å². The van der Waals surface area contributed by atoms with Crippen LogP contribution in [0.5, 0.6) is 5.75 Å². The molecule has 2 aromatic carbocycles. The second-order valence-corrected chi connectivity index (χ2v) is 8.72. The number of benzene rings is 2. The maximum absolute atomic E-state index is 12.5. The molecule has 34 heavy (non-hydrogen) atoms. The lowest BCUT2D eigenvalue weighted by molar-refractivity contribution is -0.113. The second-order valence-electron chi connectivity index (χ2n) is 7.78. The molecule has 0 saturated heterocycles. The van der Waals surface area contributed by atoms with Gasteiger partial charge in [0.1, 0.15) is 12.4 Å². The Morgan fingerprint density at radius 1 is 1.09 bits per heavy atom. The van der Waals surface area contributed by atoms with E-state index in [1.807, 2.05) is 39.8 Å². The molecular formula is C24H30N6O3S. The first-order valence-electron chi connectivity index (χ1n) is 11.0. The van der Waals surface area contributed by atoms with E-state index in [0.717, 1.165) is 16.9 Å². The van der Waals surface area contributed by atoms with Gasteiger partial charge in [-0.2, -0.15) is 0 Å². The van der Waals surface area contributed by atoms with E-state index in [9.17, 15) is 9.59 Å². The van der Waals surface area contributed by atoms with Crippen LogP contribution in [0.4, 0.5) is 5.69 Å². The van der Waals surface area contributed by atoms with E-state index >= 15 is 0 Å². The molecule has 2 amide bonds. The summed E-state index contributed by atoms with van der Waals surface area (Å²) in [6, 6.07) is 12.9. The number of aromatic nitrogens is 3. The fraction of sp³-hybridized carbons (Fsp3) is 0.333. The monoisotopic (exact) mass is 482 g/mol. The Kier molecular flexibility index (Phi) is 8.53. The zero-order valence-electron chi connectivity index (χ0n) is 19.9. The van der Waals surface area contributed by atoms with Gasteiger partial charge in [-0.15, -0.1) is 10.2 Å². The number of anilines is 1. The van der Waals surface area contributed by atoms with Crippen molar-refractivity contribution in [2.45, 2.75) is 39.5 Å². The summed E-state index contributed by atoms with van der Waals surface area (Å²) in [5.74, 6) is 7.05. The van der Waals surface area contributed by atoms with Gasteiger partial charge in [0.25, 0.3) is 5.91 Å². The van der Waals surface area contributed by atoms with Crippen molar-refractivity contribution < 1.29 is 14.3 Å². The van der Waals surface area contributed by atoms with Crippen LogP contribution in [0.3, 0.4) is 0 Å². The maximum atomic E-state index is 12.5. The molecule has 0 aliphatic carbocycles. The summed E-state index contributed by atoms with van der Waals surface area (Å²) in [4.78, 5) is 26.7. The van der Waals surface area contributed by atoms with Crippen LogP contribution in [-0.2, 0) is 11.4 Å². The first-order valence-corrected chi connectivity index (χ1v) is 12.0. The first-order chi connectivity index (χ1) is 16.3. The molecule has 0 aliphatic rings. The van der Waals surface area contributed by atoms with Gasteiger partial charge in [0.2, 0.25) is 11.1 Å². The number of thioether (sulfide) groups is 1. The average molecular weight is 483 g/mol. The Morgan fingerprint density at radius 3 is 2.47 bits per heavy atom. The maximum Gasteiger partial charge on any atom is 0.253 e. The van der Waals surface area contributed by atoms with Crippen molar-refractivity contribution in [2.24, 2.45) is 0 Å². The lowest BCUT2D eigenvalue weighted by Crippen LogP contribution is -2.30. The van der Waals surface area contributed by atoms with Crippen LogP contribution >= 0.6 is 11.8 Å². The number of nitrogen functional groups attached to an aromatic ring is 1. The summed E-state index contributed by atoms with van der Waals surface area (Å²) in [7, 11) is 0. The highest BCUT2D eigenvalue weighted by atomic mass is 32.2. The average Bonchev–Trinajstić information content (AvgIpc) is 3.16. The molecule has 0 bridgehead atoms. The van der Waals surface area contributed by atoms with Gasteiger partial charge in [-0.1, -0.05) is 23.9 Å². The van der Waals surface area contributed by atoms with Crippen molar-refractivity contribution in [2.75, 3.05) is 30.0 Å². The predicted molar refractivity (Wildman–Crippen MR) is 133 cm³/mol. The zero-order chi connectivity index (χ0) is 24.7. The van der Waals surface area contributed by atoms with Crippen LogP contribution in [0, 0.1) is 13.8 Å². The number of hydrogen-bond acceptors (Lipinski definition) is 7. The number of nitrogens with zero attached hydrogens (tertiary/aromatic N) is 4. The van der Waals surface area contributed by atoms with Gasteiger partial charge >= 0.3 is 0 Å². The number of hydrogen-bond donors (Lipinski definition) is 2. The van der Waals surface area contributed by atoms with Crippen molar-refractivity contribution in [3.63, 3.8) is 0 Å². The molecule has 0 spiro atoms. The van der Waals surface area contributed by atoms with Gasteiger partial charge in [-0.05, 0) is 69.2 Å². The summed E-state index contributed by atoms with van der Waals surface area (Å²) in [5.41, 5.74) is 3.30. The van der Waals surface area contributed by atoms with Crippen LogP contribution in [0.1, 0.15) is 41.2 Å². The van der Waals surface area contributed by atoms with Crippen molar-refractivity contribution >= 4 is 29.3 Å². The van der Waals surface area contributed by atoms with Crippen molar-refractivity contribution in [1.82, 2.24) is 19.8 Å². The third kappa shape index (κ3) is 6.50. The summed E-state index contributed by atoms with van der Waals surface area (Å²) in [5, 5.41) is 11.3. The van der Waals surface area contributed by atoms with Crippen molar-refractivity contribution in [3.8, 4) is 5.75 Å². The number of nitrogens with two attached hydrogens (primary N) is 1. The predicted octanol–water partition coefficient (Wildman–Crippen LogP) is 3.40. The van der Waals surface area contributed by atoms with Crippen molar-refractivity contribution in [3.05, 3.63) is 65.0 Å². The number of aryl methyl sites for hydroxylation is 2. The Morgan fingerprint density at radius 2 is 1.79 bits per heavy atom. The Hall–Kier alpha value is -3.53. The molecule has 0 atom stereocenters. The Labute approximate surface area is 203 Å². The van der Waals surface area contributed by atoms with Crippen molar-refractivity contribution in [1.29, 1.82) is 0 Å². The third-order valence-corrected chi connectivity index (χ3v) is 6.02. The van der Waals surface area contributed by atoms with E-state index in [2.05, 4.69) is 21.6 Å². The number of nitrogens with one attached hydrogen (secondary N) is 1. The molecule has 0 fully saturated rings. The van der Waals surface area contributed by atoms with Crippen LogP contribution in [0.25, 0.3) is 0 Å². The molecule has 1 heterocycles. The normalized spacial score (nSPS) is 10.7. The molecule has 0 saturated carbocycles. The van der Waals surface area contributed by atoms with Crippen LogP contribution in [-0.4, -0.2) is 50.4 Å². The number of carbonyl (C=O) groups excluding carboxylic acids is 2. The zero-order valence-corrected chi connectivity index (χ0v) is 20.7. The number of carbonyl (C=O) groups is 2. The molecule has 0 unspecified atom stereocenters. The van der Waals surface area contributed by atoms with Crippen LogP contribution < -0.4 is 15.9 Å². The summed E-state index contributed by atoms with van der Waals surface area (Å²) in [6.45, 7) is 9.28. The molecule has 1 aromatic heterocycles. The first kappa shape index (κ1) is 25.1. The molecule has 3 aromatic rings. The standard InChI is InChI=1S/C24H30N6O3S/c1-5-29(6-2)23(32)18-8-7-9-19(13-18)26-22(31)15-34-24-28-27-21(30(24)25)14-33-20-11-16(3)10-17(4)12-20/h7-13H,5-6,14-15,25H2,1-4H3,(H,26,31). The van der Waals surface area contributed by atoms with Gasteiger partial charge in [-0.3, -0.25) is 9.59 Å². The Bertz CT molecular complexity index is 1140. The SMILES string of the molecule is CCN(CC)C(=O)c1cccc(NC(=O)CSc2nnc(COc3cc(C)cc(C)c3)n2N)c1. The van der Waals surface area contributed by atoms with Gasteiger partial charge in [0.05, 0.1) is 5.75 Å². The number of amides is 2. The molecular weight excluding hydrogens is 452 g/mol. The van der Waals surface area contributed by atoms with Gasteiger partial charge in [0, 0.05) is 24.3 Å². The lowest BCUT2D eigenvalue weighted by Gasteiger charge is -2.19. The second kappa shape index (κ2) is 11.6. The lowest BCUT2D eigenvalue weighted by atomic mass is 10.1.